The summed E-state index contributed by atoms with van der Waals surface area (Å²) < 4.78 is 0. The average Bonchev–Trinajstić information content (AvgIpc) is 2.87. The normalized spacial score (nSPS) is 25.5. The molecule has 6 heteroatoms. The second kappa shape index (κ2) is 6.23. The summed E-state index contributed by atoms with van der Waals surface area (Å²) in [6.45, 7) is 3.36. The van der Waals surface area contributed by atoms with Gasteiger partial charge in [0.2, 0.25) is 0 Å². The van der Waals surface area contributed by atoms with Crippen molar-refractivity contribution in [2.75, 3.05) is 33.2 Å². The number of piperidine rings is 1. The molecule has 6 nitrogen and oxygen atoms in total. The number of amides is 2. The Morgan fingerprint density at radius 3 is 2.53 bits per heavy atom. The van der Waals surface area contributed by atoms with Crippen molar-refractivity contribution in [3.8, 4) is 0 Å². The number of carbonyl (C=O) groups excluding carboxylic acids is 1. The molecule has 2 fully saturated rings. The Kier molecular flexibility index (Phi) is 4.63. The summed E-state index contributed by atoms with van der Waals surface area (Å²) in [5, 5.41) is 12.0. The van der Waals surface area contributed by atoms with E-state index in [1.807, 2.05) is 0 Å². The number of urea groups is 1. The third-order valence-electron chi connectivity index (χ3n) is 4.18. The summed E-state index contributed by atoms with van der Waals surface area (Å²) in [4.78, 5) is 26.8. The second-order valence-corrected chi connectivity index (χ2v) is 5.62. The Morgan fingerprint density at radius 1 is 1.21 bits per heavy atom. The monoisotopic (exact) mass is 269 g/mol. The van der Waals surface area contributed by atoms with Gasteiger partial charge in [0.15, 0.2) is 0 Å². The number of hydrogen-bond donors (Lipinski definition) is 2. The Bertz CT molecular complexity index is 340. The van der Waals surface area contributed by atoms with E-state index < -0.39 is 12.0 Å². The fourth-order valence-corrected chi connectivity index (χ4v) is 2.87. The predicted molar refractivity (Wildman–Crippen MR) is 71.0 cm³/mol. The zero-order valence-corrected chi connectivity index (χ0v) is 11.5. The van der Waals surface area contributed by atoms with Crippen LogP contribution in [0, 0.1) is 5.92 Å². The number of nitrogens with one attached hydrogen (secondary N) is 1. The summed E-state index contributed by atoms with van der Waals surface area (Å²) in [5.74, 6) is -0.377. The molecule has 2 aliphatic rings. The fraction of sp³-hybridized carbons (Fsp3) is 0.846. The molecule has 0 spiro atoms. The number of nitrogens with zero attached hydrogens (tertiary/aromatic N) is 2. The molecule has 0 unspecified atom stereocenters. The van der Waals surface area contributed by atoms with Crippen LogP contribution in [0.25, 0.3) is 0 Å². The zero-order valence-electron chi connectivity index (χ0n) is 11.5. The lowest BCUT2D eigenvalue weighted by molar-refractivity contribution is -0.141. The van der Waals surface area contributed by atoms with E-state index in [0.29, 0.717) is 25.4 Å². The van der Waals surface area contributed by atoms with E-state index >= 15 is 0 Å². The minimum Gasteiger partial charge on any atom is -0.480 e. The Morgan fingerprint density at radius 2 is 1.89 bits per heavy atom. The molecule has 0 aromatic carbocycles. The summed E-state index contributed by atoms with van der Waals surface area (Å²) >= 11 is 0. The van der Waals surface area contributed by atoms with Gasteiger partial charge < -0.3 is 20.2 Å². The highest BCUT2D eigenvalue weighted by Gasteiger charge is 2.34. The van der Waals surface area contributed by atoms with E-state index in [4.69, 9.17) is 5.11 Å². The van der Waals surface area contributed by atoms with Crippen molar-refractivity contribution in [2.45, 2.75) is 31.7 Å². The molecule has 2 rings (SSSR count). The number of carboxylic acid groups (broad SMARTS) is 1. The van der Waals surface area contributed by atoms with Crippen LogP contribution in [-0.4, -0.2) is 66.2 Å². The van der Waals surface area contributed by atoms with Crippen LogP contribution in [-0.2, 0) is 4.79 Å². The van der Waals surface area contributed by atoms with Crippen molar-refractivity contribution in [3.05, 3.63) is 0 Å². The van der Waals surface area contributed by atoms with E-state index in [1.54, 1.807) is 0 Å². The Hall–Kier alpha value is -1.30. The average molecular weight is 269 g/mol. The molecule has 0 aromatic heterocycles. The third-order valence-corrected chi connectivity index (χ3v) is 4.18. The smallest absolute Gasteiger partial charge is 0.326 e. The van der Waals surface area contributed by atoms with Gasteiger partial charge >= 0.3 is 12.0 Å². The first kappa shape index (κ1) is 14.1. The number of aliphatic carboxylic acids is 1. The highest BCUT2D eigenvalue weighted by Crippen LogP contribution is 2.18. The van der Waals surface area contributed by atoms with Crippen molar-refractivity contribution in [1.29, 1.82) is 0 Å². The number of carbonyl (C=O) groups is 2. The van der Waals surface area contributed by atoms with Crippen LogP contribution in [0.1, 0.15) is 25.7 Å². The van der Waals surface area contributed by atoms with Gasteiger partial charge in [-0.3, -0.25) is 0 Å². The lowest BCUT2D eigenvalue weighted by atomic mass is 9.97. The molecule has 2 aliphatic heterocycles. The first-order chi connectivity index (χ1) is 9.08. The summed E-state index contributed by atoms with van der Waals surface area (Å²) in [6.07, 6.45) is 3.54. The van der Waals surface area contributed by atoms with Gasteiger partial charge in [0.25, 0.3) is 0 Å². The van der Waals surface area contributed by atoms with Crippen molar-refractivity contribution < 1.29 is 14.7 Å². The van der Waals surface area contributed by atoms with Crippen LogP contribution in [0.2, 0.25) is 0 Å². The number of rotatable bonds is 3. The molecule has 2 saturated heterocycles. The quantitative estimate of drug-likeness (QED) is 0.786. The van der Waals surface area contributed by atoms with Crippen molar-refractivity contribution >= 4 is 12.0 Å². The molecule has 19 heavy (non-hydrogen) atoms. The molecule has 1 atom stereocenters. The zero-order chi connectivity index (χ0) is 13.8. The molecule has 108 valence electrons. The van der Waals surface area contributed by atoms with Gasteiger partial charge in [0, 0.05) is 13.1 Å². The van der Waals surface area contributed by atoms with Crippen molar-refractivity contribution in [3.63, 3.8) is 0 Å². The van der Waals surface area contributed by atoms with Gasteiger partial charge in [-0.2, -0.15) is 0 Å². The largest absolute Gasteiger partial charge is 0.480 e. The third kappa shape index (κ3) is 3.59. The molecule has 0 bridgehead atoms. The van der Waals surface area contributed by atoms with Crippen molar-refractivity contribution in [2.24, 2.45) is 5.92 Å². The second-order valence-electron chi connectivity index (χ2n) is 5.62. The van der Waals surface area contributed by atoms with Crippen molar-refractivity contribution in [1.82, 2.24) is 15.1 Å². The molecule has 0 aromatic rings. The molecule has 2 heterocycles. The molecular weight excluding hydrogens is 246 g/mol. The molecule has 0 radical (unpaired) electrons. The van der Waals surface area contributed by atoms with Crippen LogP contribution in [0.3, 0.4) is 0 Å². The van der Waals surface area contributed by atoms with Gasteiger partial charge in [0.1, 0.15) is 6.04 Å². The van der Waals surface area contributed by atoms with E-state index in [-0.39, 0.29) is 6.03 Å². The van der Waals surface area contributed by atoms with Gasteiger partial charge in [-0.1, -0.05) is 0 Å². The standard InChI is InChI=1S/C13H23N3O3/c1-15-7-4-10(5-8-15)9-14-13(19)16-6-2-3-11(16)12(17)18/h10-11H,2-9H2,1H3,(H,14,19)(H,17,18)/t11-/m1/s1. The predicted octanol–water partition coefficient (Wildman–Crippen LogP) is 0.587. The summed E-state index contributed by atoms with van der Waals surface area (Å²) in [5.41, 5.74) is 0. The van der Waals surface area contributed by atoms with Gasteiger partial charge in [0.05, 0.1) is 0 Å². The van der Waals surface area contributed by atoms with E-state index in [0.717, 1.165) is 32.4 Å². The molecular formula is C13H23N3O3. The lowest BCUT2D eigenvalue weighted by Crippen LogP contribution is -2.47. The van der Waals surface area contributed by atoms with E-state index in [9.17, 15) is 9.59 Å². The Labute approximate surface area is 113 Å². The molecule has 2 N–H and O–H groups in total. The SMILES string of the molecule is CN1CCC(CNC(=O)N2CCC[C@@H]2C(=O)O)CC1. The van der Waals surface area contributed by atoms with Crippen LogP contribution < -0.4 is 5.32 Å². The van der Waals surface area contributed by atoms with Crippen LogP contribution in [0.15, 0.2) is 0 Å². The van der Waals surface area contributed by atoms with Gasteiger partial charge in [-0.25, -0.2) is 9.59 Å². The van der Waals surface area contributed by atoms with Gasteiger partial charge in [-0.05, 0) is 51.7 Å². The summed E-state index contributed by atoms with van der Waals surface area (Å²) in [7, 11) is 2.11. The highest BCUT2D eigenvalue weighted by molar-refractivity contribution is 5.83. The first-order valence-electron chi connectivity index (χ1n) is 7.03. The maximum Gasteiger partial charge on any atom is 0.326 e. The number of likely N-dealkylation sites (tertiary alicyclic amines) is 2. The van der Waals surface area contributed by atoms with Gasteiger partial charge in [-0.15, -0.1) is 0 Å². The maximum absolute atomic E-state index is 12.0. The van der Waals surface area contributed by atoms with E-state index in [1.165, 1.54) is 4.90 Å². The van der Waals surface area contributed by atoms with Crippen LogP contribution in [0.4, 0.5) is 4.79 Å². The molecule has 0 saturated carbocycles. The van der Waals surface area contributed by atoms with E-state index in [2.05, 4.69) is 17.3 Å². The Balaban J connectivity index is 1.76. The number of hydrogen-bond acceptors (Lipinski definition) is 3. The fourth-order valence-electron chi connectivity index (χ4n) is 2.87. The maximum atomic E-state index is 12.0. The topological polar surface area (TPSA) is 72.9 Å². The highest BCUT2D eigenvalue weighted by atomic mass is 16.4. The first-order valence-corrected chi connectivity index (χ1v) is 7.03. The molecule has 0 aliphatic carbocycles. The van der Waals surface area contributed by atoms with Crippen LogP contribution in [0.5, 0.6) is 0 Å². The van der Waals surface area contributed by atoms with Crippen LogP contribution >= 0.6 is 0 Å². The summed E-state index contributed by atoms with van der Waals surface area (Å²) in [6, 6.07) is -0.860. The molecule has 2 amide bonds. The minimum absolute atomic E-state index is 0.219. The number of carboxylic acids is 1. The lowest BCUT2D eigenvalue weighted by Gasteiger charge is -2.30. The minimum atomic E-state index is -0.896.